The highest BCUT2D eigenvalue weighted by molar-refractivity contribution is 7.22. The lowest BCUT2D eigenvalue weighted by molar-refractivity contribution is 1.50. The molecule has 0 aliphatic heterocycles. The molecule has 0 saturated heterocycles. The fourth-order valence-electron chi connectivity index (χ4n) is 4.17. The van der Waals surface area contributed by atoms with Crippen molar-refractivity contribution in [1.82, 2.24) is 4.98 Å². The van der Waals surface area contributed by atoms with E-state index in [0.29, 0.717) is 0 Å². The number of benzene rings is 5. The number of hydrogen-bond acceptors (Lipinski definition) is 1. The molecule has 0 atom stereocenters. The van der Waals surface area contributed by atoms with E-state index in [0.717, 1.165) is 11.0 Å². The van der Waals surface area contributed by atoms with E-state index >= 15 is 0 Å². The Morgan fingerprint density at radius 3 is 2.30 bits per heavy atom. The molecule has 0 aliphatic carbocycles. The SMILES string of the molecule is c1ccc(-c2ccc3[nH]c4cccc(c4)sc4ccc5cccc(c5c4)c3c2)cc1. The first-order valence-corrected chi connectivity index (χ1v) is 10.9. The highest BCUT2D eigenvalue weighted by Gasteiger charge is 2.05. The van der Waals surface area contributed by atoms with Gasteiger partial charge in [0.25, 0.3) is 0 Å². The number of fused-ring (bicyclic) bond motifs is 5. The molecule has 1 aromatic heterocycles. The van der Waals surface area contributed by atoms with E-state index in [1.807, 2.05) is 11.3 Å². The molecule has 1 N–H and O–H groups in total. The predicted octanol–water partition coefficient (Wildman–Crippen LogP) is 8.48. The predicted molar refractivity (Wildman–Crippen MR) is 132 cm³/mol. The Kier molecular flexibility index (Phi) is 4.03. The van der Waals surface area contributed by atoms with Crippen LogP contribution in [-0.4, -0.2) is 4.98 Å². The molecule has 4 bridgehead atoms. The van der Waals surface area contributed by atoms with E-state index in [2.05, 4.69) is 114 Å². The minimum absolute atomic E-state index is 1.11. The Morgan fingerprint density at radius 2 is 1.37 bits per heavy atom. The van der Waals surface area contributed by atoms with Crippen LogP contribution in [0.1, 0.15) is 0 Å². The quantitative estimate of drug-likeness (QED) is 0.284. The summed E-state index contributed by atoms with van der Waals surface area (Å²) in [4.78, 5) is 3.68. The second-order valence-electron chi connectivity index (χ2n) is 7.57. The Morgan fingerprint density at radius 1 is 0.500 bits per heavy atom. The summed E-state index contributed by atoms with van der Waals surface area (Å²) in [5.41, 5.74) is 4.68. The van der Waals surface area contributed by atoms with Gasteiger partial charge in [0.05, 0.1) is 0 Å². The Hall–Kier alpha value is -3.62. The molecule has 0 radical (unpaired) electrons. The third-order valence-electron chi connectivity index (χ3n) is 5.62. The van der Waals surface area contributed by atoms with Crippen molar-refractivity contribution in [2.24, 2.45) is 0 Å². The van der Waals surface area contributed by atoms with Crippen LogP contribution in [-0.2, 0) is 0 Å². The molecule has 0 unspecified atom stereocenters. The lowest BCUT2D eigenvalue weighted by Gasteiger charge is -2.07. The average Bonchev–Trinajstić information content (AvgIpc) is 2.81. The van der Waals surface area contributed by atoms with E-state index in [9.17, 15) is 0 Å². The summed E-state index contributed by atoms with van der Waals surface area (Å²) in [7, 11) is 0. The summed E-state index contributed by atoms with van der Waals surface area (Å²) >= 11 is 1.81. The normalized spacial score (nSPS) is 11.3. The fraction of sp³-hybridized carbons (Fsp3) is 0. The van der Waals surface area contributed by atoms with Crippen LogP contribution in [0.25, 0.3) is 53.1 Å². The van der Waals surface area contributed by atoms with Gasteiger partial charge in [-0.3, -0.25) is 0 Å². The number of H-pyrrole nitrogens is 1. The van der Waals surface area contributed by atoms with Crippen LogP contribution in [0.15, 0.2) is 109 Å². The van der Waals surface area contributed by atoms with E-state index in [1.54, 1.807) is 0 Å². The third kappa shape index (κ3) is 3.02. The zero-order valence-corrected chi connectivity index (χ0v) is 17.1. The first-order chi connectivity index (χ1) is 14.8. The van der Waals surface area contributed by atoms with E-state index in [1.165, 1.54) is 42.1 Å². The molecule has 1 heterocycles. The van der Waals surface area contributed by atoms with Crippen molar-refractivity contribution >= 4 is 53.3 Å². The van der Waals surface area contributed by atoms with Crippen LogP contribution < -0.4 is 0 Å². The molecule has 0 saturated carbocycles. The molecule has 1 nitrogen and oxygen atoms in total. The van der Waals surface area contributed by atoms with Crippen LogP contribution in [0.3, 0.4) is 0 Å². The van der Waals surface area contributed by atoms with Gasteiger partial charge in [-0.1, -0.05) is 66.7 Å². The molecule has 142 valence electrons. The van der Waals surface area contributed by atoms with Crippen molar-refractivity contribution in [2.45, 2.75) is 0 Å². The van der Waals surface area contributed by atoms with Crippen molar-refractivity contribution in [3.63, 3.8) is 0 Å². The standard InChI is InChI=1S/C28H19NS/c1-2-6-19(7-3-1)21-13-15-28-27(16-21)25-11-4-8-20-12-14-24(18-26(20)25)30-23-10-5-9-22(17-23)29-28/h1-18,29H. The molecule has 2 heteroatoms. The Labute approximate surface area is 178 Å². The van der Waals surface area contributed by atoms with Gasteiger partial charge in [0.2, 0.25) is 0 Å². The molecule has 6 aromatic rings. The Bertz CT molecular complexity index is 1590. The second-order valence-corrected chi connectivity index (χ2v) is 8.72. The first-order valence-electron chi connectivity index (χ1n) is 10.1. The van der Waals surface area contributed by atoms with Crippen LogP contribution >= 0.6 is 11.3 Å². The van der Waals surface area contributed by atoms with Crippen LogP contribution in [0.2, 0.25) is 0 Å². The number of aromatic nitrogens is 1. The molecule has 30 heavy (non-hydrogen) atoms. The molecular formula is C28H19NS. The topological polar surface area (TPSA) is 15.8 Å². The highest BCUT2D eigenvalue weighted by Crippen LogP contribution is 2.31. The summed E-state index contributed by atoms with van der Waals surface area (Å²) in [5, 5.41) is 5.02. The van der Waals surface area contributed by atoms with Gasteiger partial charge < -0.3 is 4.98 Å². The molecule has 0 spiro atoms. The molecule has 5 aromatic carbocycles. The van der Waals surface area contributed by atoms with E-state index in [-0.39, 0.29) is 0 Å². The van der Waals surface area contributed by atoms with Gasteiger partial charge in [0.1, 0.15) is 0 Å². The minimum atomic E-state index is 1.11. The van der Waals surface area contributed by atoms with Crippen LogP contribution in [0.4, 0.5) is 0 Å². The number of aromatic amines is 1. The van der Waals surface area contributed by atoms with Gasteiger partial charge in [0.15, 0.2) is 0 Å². The van der Waals surface area contributed by atoms with Crippen molar-refractivity contribution in [3.05, 3.63) is 109 Å². The van der Waals surface area contributed by atoms with Gasteiger partial charge in [0, 0.05) is 25.8 Å². The maximum Gasteiger partial charge on any atom is 0.0464 e. The molecule has 0 amide bonds. The molecular weight excluding hydrogens is 382 g/mol. The number of hydrogen-bond donors (Lipinski definition) is 1. The van der Waals surface area contributed by atoms with Gasteiger partial charge in [-0.2, -0.15) is 0 Å². The lowest BCUT2D eigenvalue weighted by Crippen LogP contribution is -1.82. The summed E-state index contributed by atoms with van der Waals surface area (Å²) < 4.78 is 2.50. The zero-order chi connectivity index (χ0) is 19.9. The third-order valence-corrected chi connectivity index (χ3v) is 6.60. The minimum Gasteiger partial charge on any atom is -0.355 e. The average molecular weight is 402 g/mol. The first kappa shape index (κ1) is 17.3. The van der Waals surface area contributed by atoms with Gasteiger partial charge in [-0.05, 0) is 69.8 Å². The van der Waals surface area contributed by atoms with Crippen molar-refractivity contribution in [2.75, 3.05) is 0 Å². The summed E-state index contributed by atoms with van der Waals surface area (Å²) in [6, 6.07) is 39.3. The zero-order valence-electron chi connectivity index (χ0n) is 16.3. The van der Waals surface area contributed by atoms with Gasteiger partial charge in [-0.25, -0.2) is 0 Å². The molecule has 0 fully saturated rings. The molecule has 6 rings (SSSR count). The summed E-state index contributed by atoms with van der Waals surface area (Å²) in [6.07, 6.45) is 0. The number of rotatable bonds is 1. The smallest absolute Gasteiger partial charge is 0.0464 e. The summed E-state index contributed by atoms with van der Waals surface area (Å²) in [5.74, 6) is 0. The lowest BCUT2D eigenvalue weighted by atomic mass is 9.99. The van der Waals surface area contributed by atoms with Crippen molar-refractivity contribution in [3.8, 4) is 11.1 Å². The van der Waals surface area contributed by atoms with Crippen LogP contribution in [0, 0.1) is 0 Å². The Balaban J connectivity index is 1.85. The fourth-order valence-corrected chi connectivity index (χ4v) is 5.08. The van der Waals surface area contributed by atoms with Gasteiger partial charge >= 0.3 is 0 Å². The summed E-state index contributed by atoms with van der Waals surface area (Å²) in [6.45, 7) is 0. The monoisotopic (exact) mass is 401 g/mol. The van der Waals surface area contributed by atoms with Crippen molar-refractivity contribution in [1.29, 1.82) is 0 Å². The second kappa shape index (κ2) is 7.01. The highest BCUT2D eigenvalue weighted by atomic mass is 32.1. The van der Waals surface area contributed by atoms with Gasteiger partial charge in [-0.15, -0.1) is 11.3 Å². The largest absolute Gasteiger partial charge is 0.355 e. The van der Waals surface area contributed by atoms with E-state index < -0.39 is 0 Å². The number of nitrogens with one attached hydrogen (secondary N) is 1. The van der Waals surface area contributed by atoms with Crippen LogP contribution in [0.5, 0.6) is 0 Å². The maximum atomic E-state index is 3.68. The van der Waals surface area contributed by atoms with E-state index in [4.69, 9.17) is 0 Å². The molecule has 0 aliphatic rings. The maximum absolute atomic E-state index is 3.68. The van der Waals surface area contributed by atoms with Crippen molar-refractivity contribution < 1.29 is 0 Å².